The summed E-state index contributed by atoms with van der Waals surface area (Å²) in [6, 6.07) is 30.1. The molecule has 41 heavy (non-hydrogen) atoms. The second kappa shape index (κ2) is 13.6. The molecule has 9 heteroatoms. The van der Waals surface area contributed by atoms with E-state index in [-0.39, 0.29) is 13.0 Å². The fraction of sp³-hybridized carbons (Fsp3) is 0.125. The molecule has 0 aliphatic carbocycles. The Balaban J connectivity index is 1.14. The van der Waals surface area contributed by atoms with Crippen molar-refractivity contribution in [2.45, 2.75) is 25.7 Å². The average molecular weight is 548 g/mol. The smallest absolute Gasteiger partial charge is 0.408 e. The van der Waals surface area contributed by atoms with E-state index < -0.39 is 18.0 Å². The summed E-state index contributed by atoms with van der Waals surface area (Å²) in [6.07, 6.45) is 4.09. The summed E-state index contributed by atoms with van der Waals surface area (Å²) in [5.74, 6) is 0.222. The van der Waals surface area contributed by atoms with Crippen LogP contribution < -0.4 is 15.5 Å². The van der Waals surface area contributed by atoms with Crippen LogP contribution in [0.2, 0.25) is 0 Å². The Morgan fingerprint density at radius 2 is 1.68 bits per heavy atom. The van der Waals surface area contributed by atoms with Crippen LogP contribution in [0, 0.1) is 0 Å². The molecule has 1 heterocycles. The first-order chi connectivity index (χ1) is 20.1. The van der Waals surface area contributed by atoms with Crippen molar-refractivity contribution in [1.29, 1.82) is 0 Å². The van der Waals surface area contributed by atoms with Gasteiger partial charge in [0.2, 0.25) is 0 Å². The number of aromatic amines is 1. The number of nitrogens with one attached hydrogen (secondary N) is 3. The molecule has 0 unspecified atom stereocenters. The minimum atomic E-state index is -0.930. The molecular weight excluding hydrogens is 518 g/mol. The molecule has 3 N–H and O–H groups in total. The second-order valence-electron chi connectivity index (χ2n) is 9.27. The van der Waals surface area contributed by atoms with Crippen LogP contribution in [0.3, 0.4) is 0 Å². The first-order valence-corrected chi connectivity index (χ1v) is 13.1. The lowest BCUT2D eigenvalue weighted by Gasteiger charge is -2.16. The molecule has 5 aromatic rings. The molecule has 0 radical (unpaired) electrons. The van der Waals surface area contributed by atoms with Crippen molar-refractivity contribution in [1.82, 2.24) is 20.7 Å². The van der Waals surface area contributed by atoms with Crippen LogP contribution in [0.25, 0.3) is 10.8 Å². The van der Waals surface area contributed by atoms with Crippen molar-refractivity contribution in [2.24, 2.45) is 5.10 Å². The molecule has 0 aliphatic rings. The molecule has 0 fully saturated rings. The third-order valence-electron chi connectivity index (χ3n) is 6.34. The quantitative estimate of drug-likeness (QED) is 0.157. The fourth-order valence-electron chi connectivity index (χ4n) is 4.21. The number of carbonyl (C=O) groups is 2. The van der Waals surface area contributed by atoms with E-state index in [0.29, 0.717) is 12.3 Å². The van der Waals surface area contributed by atoms with E-state index in [1.807, 2.05) is 72.8 Å². The summed E-state index contributed by atoms with van der Waals surface area (Å²) >= 11 is 0. The number of hydrogen-bond acceptors (Lipinski definition) is 6. The van der Waals surface area contributed by atoms with Crippen LogP contribution in [0.5, 0.6) is 5.75 Å². The van der Waals surface area contributed by atoms with Gasteiger partial charge in [0.15, 0.2) is 0 Å². The molecule has 0 aliphatic heterocycles. The van der Waals surface area contributed by atoms with E-state index in [2.05, 4.69) is 50.1 Å². The molecule has 1 atom stereocenters. The maximum atomic E-state index is 12.9. The lowest BCUT2D eigenvalue weighted by Crippen LogP contribution is -2.47. The summed E-state index contributed by atoms with van der Waals surface area (Å²) in [4.78, 5) is 32.2. The fourth-order valence-corrected chi connectivity index (χ4v) is 4.21. The predicted molar refractivity (Wildman–Crippen MR) is 156 cm³/mol. The number of ether oxygens (including phenoxy) is 2. The maximum absolute atomic E-state index is 12.9. The van der Waals surface area contributed by atoms with Crippen molar-refractivity contribution in [3.05, 3.63) is 132 Å². The molecule has 0 bridgehead atoms. The highest BCUT2D eigenvalue weighted by atomic mass is 16.5. The molecule has 0 spiro atoms. The van der Waals surface area contributed by atoms with E-state index in [9.17, 15) is 9.59 Å². The Labute approximate surface area is 237 Å². The van der Waals surface area contributed by atoms with E-state index in [1.54, 1.807) is 6.20 Å². The van der Waals surface area contributed by atoms with E-state index >= 15 is 0 Å². The molecule has 5 rings (SSSR count). The minimum absolute atomic E-state index is 0.0882. The van der Waals surface area contributed by atoms with Crippen LogP contribution in [-0.4, -0.2) is 34.2 Å². The van der Waals surface area contributed by atoms with Gasteiger partial charge in [0, 0.05) is 18.3 Å². The first kappa shape index (κ1) is 27.1. The number of nitrogens with zero attached hydrogens (tertiary/aromatic N) is 2. The van der Waals surface area contributed by atoms with E-state index in [4.69, 9.17) is 9.47 Å². The summed E-state index contributed by atoms with van der Waals surface area (Å²) in [6.45, 7) is 0.536. The number of hydrazone groups is 1. The van der Waals surface area contributed by atoms with E-state index in [1.165, 1.54) is 23.3 Å². The average Bonchev–Trinajstić information content (AvgIpc) is 3.53. The number of hydrogen-bond donors (Lipinski definition) is 3. The number of amides is 2. The highest BCUT2D eigenvalue weighted by Gasteiger charge is 2.22. The Morgan fingerprint density at radius 3 is 2.49 bits per heavy atom. The summed E-state index contributed by atoms with van der Waals surface area (Å²) < 4.78 is 11.3. The third kappa shape index (κ3) is 7.79. The molecular formula is C32H29N5O4. The third-order valence-corrected chi connectivity index (χ3v) is 6.34. The molecule has 2 amide bonds. The van der Waals surface area contributed by atoms with Gasteiger partial charge in [-0.25, -0.2) is 15.2 Å². The number of carbonyl (C=O) groups excluding carboxylic acids is 2. The lowest BCUT2D eigenvalue weighted by atomic mass is 10.1. The number of rotatable bonds is 11. The zero-order valence-electron chi connectivity index (χ0n) is 22.2. The SMILES string of the molecule is O=C(N[C@H](Cc1cnc[nH]1)C(=O)N/N=C\c1ccc(OCc2cccc3ccccc23)cc1)OCc1ccccc1. The number of benzene rings is 4. The van der Waals surface area contributed by atoms with Gasteiger partial charge >= 0.3 is 6.09 Å². The second-order valence-corrected chi connectivity index (χ2v) is 9.27. The monoisotopic (exact) mass is 547 g/mol. The Bertz CT molecular complexity index is 1600. The summed E-state index contributed by atoms with van der Waals surface area (Å²) in [7, 11) is 0. The van der Waals surface area contributed by atoms with Crippen LogP contribution >= 0.6 is 0 Å². The summed E-state index contributed by atoms with van der Waals surface area (Å²) in [5, 5.41) is 9.02. The van der Waals surface area contributed by atoms with E-state index in [0.717, 1.165) is 22.4 Å². The summed E-state index contributed by atoms with van der Waals surface area (Å²) in [5.41, 5.74) is 5.89. The first-order valence-electron chi connectivity index (χ1n) is 13.1. The Morgan fingerprint density at radius 1 is 0.902 bits per heavy atom. The van der Waals surface area contributed by atoms with Crippen LogP contribution in [0.15, 0.2) is 115 Å². The van der Waals surface area contributed by atoms with Crippen molar-refractivity contribution in [3.63, 3.8) is 0 Å². The van der Waals surface area contributed by atoms with Crippen molar-refractivity contribution in [3.8, 4) is 5.75 Å². The highest BCUT2D eigenvalue weighted by molar-refractivity contribution is 5.88. The normalized spacial score (nSPS) is 11.7. The van der Waals surface area contributed by atoms with Gasteiger partial charge in [0.05, 0.1) is 12.5 Å². The number of fused-ring (bicyclic) bond motifs is 1. The highest BCUT2D eigenvalue weighted by Crippen LogP contribution is 2.21. The van der Waals surface area contributed by atoms with Gasteiger partial charge in [-0.2, -0.15) is 5.10 Å². The molecule has 4 aromatic carbocycles. The van der Waals surface area contributed by atoms with Gasteiger partial charge in [-0.05, 0) is 51.7 Å². The van der Waals surface area contributed by atoms with Gasteiger partial charge in [-0.15, -0.1) is 0 Å². The molecule has 0 saturated heterocycles. The van der Waals surface area contributed by atoms with Crippen molar-refractivity contribution >= 4 is 29.0 Å². The molecule has 0 saturated carbocycles. The molecule has 1 aromatic heterocycles. The van der Waals surface area contributed by atoms with Gasteiger partial charge in [-0.3, -0.25) is 4.79 Å². The number of aromatic nitrogens is 2. The lowest BCUT2D eigenvalue weighted by molar-refractivity contribution is -0.123. The van der Waals surface area contributed by atoms with Gasteiger partial charge in [0.1, 0.15) is 25.0 Å². The van der Waals surface area contributed by atoms with Crippen molar-refractivity contribution < 1.29 is 19.1 Å². The van der Waals surface area contributed by atoms with Gasteiger partial charge in [0.25, 0.3) is 5.91 Å². The predicted octanol–water partition coefficient (Wildman–Crippen LogP) is 5.13. The number of H-pyrrole nitrogens is 1. The Kier molecular flexibility index (Phi) is 8.98. The molecule has 206 valence electrons. The zero-order valence-corrected chi connectivity index (χ0v) is 22.2. The Hall–Kier alpha value is -5.44. The van der Waals surface area contributed by atoms with Crippen LogP contribution in [0.1, 0.15) is 22.4 Å². The topological polar surface area (TPSA) is 118 Å². The largest absolute Gasteiger partial charge is 0.489 e. The zero-order chi connectivity index (χ0) is 28.3. The van der Waals surface area contributed by atoms with Gasteiger partial charge in [-0.1, -0.05) is 72.8 Å². The van der Waals surface area contributed by atoms with Crippen molar-refractivity contribution in [2.75, 3.05) is 0 Å². The van der Waals surface area contributed by atoms with Crippen LogP contribution in [-0.2, 0) is 29.2 Å². The van der Waals surface area contributed by atoms with Crippen LogP contribution in [0.4, 0.5) is 4.79 Å². The molecule has 9 nitrogen and oxygen atoms in total. The number of alkyl carbamates (subject to hydrolysis) is 1. The standard InChI is InChI=1S/C32H29N5O4/c38-31(30(17-27-19-33-22-34-27)36-32(39)41-20-24-7-2-1-3-8-24)37-35-18-23-13-15-28(16-14-23)40-21-26-11-6-10-25-9-4-5-12-29(25)26/h1-16,18-19,22,30H,17,20-21H2,(H,33,34)(H,36,39)(H,37,38)/b35-18-/t30-/m1/s1. The van der Waals surface area contributed by atoms with Gasteiger partial charge < -0.3 is 19.8 Å². The maximum Gasteiger partial charge on any atom is 0.408 e. The minimum Gasteiger partial charge on any atom is -0.489 e. The number of imidazole rings is 1.